The summed E-state index contributed by atoms with van der Waals surface area (Å²) >= 11 is 0. The summed E-state index contributed by atoms with van der Waals surface area (Å²) < 4.78 is 10.4. The van der Waals surface area contributed by atoms with Gasteiger partial charge in [0.2, 0.25) is 0 Å². The zero-order chi connectivity index (χ0) is 12.8. The molecule has 1 heterocycles. The van der Waals surface area contributed by atoms with Crippen molar-refractivity contribution < 1.29 is 14.3 Å². The molecule has 5 nitrogen and oxygen atoms in total. The minimum absolute atomic E-state index is 0.193. The summed E-state index contributed by atoms with van der Waals surface area (Å²) in [5.41, 5.74) is 0. The van der Waals surface area contributed by atoms with Gasteiger partial charge in [0.15, 0.2) is 0 Å². The van der Waals surface area contributed by atoms with Crippen LogP contribution in [0.15, 0.2) is 0 Å². The highest BCUT2D eigenvalue weighted by atomic mass is 16.5. The number of nitrogens with zero attached hydrogens (tertiary/aromatic N) is 1. The summed E-state index contributed by atoms with van der Waals surface area (Å²) in [6.07, 6.45) is 1.30. The quantitative estimate of drug-likeness (QED) is 0.702. The van der Waals surface area contributed by atoms with E-state index in [1.54, 1.807) is 7.05 Å². The molecule has 1 aliphatic rings. The molecule has 1 N–H and O–H groups in total. The van der Waals surface area contributed by atoms with Crippen LogP contribution in [0.3, 0.4) is 0 Å². The van der Waals surface area contributed by atoms with Gasteiger partial charge < -0.3 is 14.8 Å². The SMILES string of the molecule is CNC(CCN1CC(C)OC(C)C1)C(=O)OC. The second-order valence-corrected chi connectivity index (χ2v) is 4.67. The summed E-state index contributed by atoms with van der Waals surface area (Å²) in [5.74, 6) is -0.193. The summed E-state index contributed by atoms with van der Waals surface area (Å²) in [5, 5.41) is 2.98. The molecule has 0 aromatic rings. The zero-order valence-corrected chi connectivity index (χ0v) is 11.2. The second-order valence-electron chi connectivity index (χ2n) is 4.67. The van der Waals surface area contributed by atoms with Crippen molar-refractivity contribution in [2.24, 2.45) is 0 Å². The van der Waals surface area contributed by atoms with E-state index in [0.717, 1.165) is 26.1 Å². The third-order valence-corrected chi connectivity index (χ3v) is 3.06. The maximum Gasteiger partial charge on any atom is 0.322 e. The average Bonchev–Trinajstić information content (AvgIpc) is 2.28. The fourth-order valence-electron chi connectivity index (χ4n) is 2.30. The maximum absolute atomic E-state index is 11.4. The molecule has 1 rings (SSSR count). The van der Waals surface area contributed by atoms with E-state index in [1.807, 2.05) is 0 Å². The molecule has 0 spiro atoms. The first-order valence-electron chi connectivity index (χ1n) is 6.19. The molecule has 0 saturated carbocycles. The van der Waals surface area contributed by atoms with Crippen molar-refractivity contribution in [3.8, 4) is 0 Å². The third-order valence-electron chi connectivity index (χ3n) is 3.06. The first-order valence-corrected chi connectivity index (χ1v) is 6.19. The van der Waals surface area contributed by atoms with Gasteiger partial charge in [-0.15, -0.1) is 0 Å². The molecule has 1 aliphatic heterocycles. The van der Waals surface area contributed by atoms with E-state index in [1.165, 1.54) is 7.11 Å². The Labute approximate surface area is 103 Å². The van der Waals surface area contributed by atoms with Crippen LogP contribution in [0.2, 0.25) is 0 Å². The summed E-state index contributed by atoms with van der Waals surface area (Å²) in [7, 11) is 3.21. The standard InChI is InChI=1S/C12H24N2O3/c1-9-7-14(8-10(2)17-9)6-5-11(13-3)12(15)16-4/h9-11,13H,5-8H2,1-4H3. The Morgan fingerprint density at radius 3 is 2.53 bits per heavy atom. The highest BCUT2D eigenvalue weighted by Crippen LogP contribution is 2.11. The Kier molecular flexibility index (Phi) is 5.88. The summed E-state index contributed by atoms with van der Waals surface area (Å²) in [6, 6.07) is -0.214. The molecule has 0 aliphatic carbocycles. The first-order chi connectivity index (χ1) is 8.06. The van der Waals surface area contributed by atoms with Gasteiger partial charge in [-0.3, -0.25) is 9.69 Å². The van der Waals surface area contributed by atoms with Crippen molar-refractivity contribution in [3.05, 3.63) is 0 Å². The predicted molar refractivity (Wildman–Crippen MR) is 65.9 cm³/mol. The topological polar surface area (TPSA) is 50.8 Å². The molecule has 3 unspecified atom stereocenters. The molecule has 5 heteroatoms. The lowest BCUT2D eigenvalue weighted by molar-refractivity contribution is -0.143. The van der Waals surface area contributed by atoms with E-state index >= 15 is 0 Å². The summed E-state index contributed by atoms with van der Waals surface area (Å²) in [6.45, 7) is 6.92. The minimum atomic E-state index is -0.214. The molecule has 3 atom stereocenters. The van der Waals surface area contributed by atoms with Gasteiger partial charge in [0.05, 0.1) is 19.3 Å². The van der Waals surface area contributed by atoms with Crippen LogP contribution in [-0.4, -0.2) is 62.9 Å². The zero-order valence-electron chi connectivity index (χ0n) is 11.2. The van der Waals surface area contributed by atoms with Gasteiger partial charge in [0.25, 0.3) is 0 Å². The van der Waals surface area contributed by atoms with Crippen LogP contribution in [0.5, 0.6) is 0 Å². The lowest BCUT2D eigenvalue weighted by atomic mass is 10.1. The van der Waals surface area contributed by atoms with Crippen LogP contribution in [0.25, 0.3) is 0 Å². The van der Waals surface area contributed by atoms with Gasteiger partial charge in [0.1, 0.15) is 6.04 Å². The van der Waals surface area contributed by atoms with Crippen molar-refractivity contribution >= 4 is 5.97 Å². The first kappa shape index (κ1) is 14.4. The van der Waals surface area contributed by atoms with E-state index in [4.69, 9.17) is 9.47 Å². The second kappa shape index (κ2) is 6.93. The van der Waals surface area contributed by atoms with Gasteiger partial charge >= 0.3 is 5.97 Å². The van der Waals surface area contributed by atoms with E-state index in [9.17, 15) is 4.79 Å². The molecule has 17 heavy (non-hydrogen) atoms. The Morgan fingerprint density at radius 2 is 2.06 bits per heavy atom. The average molecular weight is 244 g/mol. The lowest BCUT2D eigenvalue weighted by Crippen LogP contribution is -2.47. The van der Waals surface area contributed by atoms with Gasteiger partial charge in [0, 0.05) is 19.6 Å². The maximum atomic E-state index is 11.4. The fraction of sp³-hybridized carbons (Fsp3) is 0.917. The normalized spacial score (nSPS) is 27.8. The number of rotatable bonds is 5. The van der Waals surface area contributed by atoms with Crippen molar-refractivity contribution in [2.45, 2.75) is 38.5 Å². The number of hydrogen-bond acceptors (Lipinski definition) is 5. The molecule has 0 bridgehead atoms. The van der Waals surface area contributed by atoms with Crippen LogP contribution in [0.4, 0.5) is 0 Å². The van der Waals surface area contributed by atoms with Crippen molar-refractivity contribution in [1.29, 1.82) is 0 Å². The van der Waals surface area contributed by atoms with E-state index in [-0.39, 0.29) is 24.2 Å². The van der Waals surface area contributed by atoms with Gasteiger partial charge in [-0.1, -0.05) is 0 Å². The van der Waals surface area contributed by atoms with Gasteiger partial charge in [-0.05, 0) is 27.3 Å². The molecule has 0 amide bonds. The predicted octanol–water partition coefficient (Wildman–Crippen LogP) is 0.247. The Hall–Kier alpha value is -0.650. The molecule has 0 radical (unpaired) electrons. The number of nitrogens with one attached hydrogen (secondary N) is 1. The van der Waals surface area contributed by atoms with Crippen LogP contribution in [0, 0.1) is 0 Å². The van der Waals surface area contributed by atoms with Crippen LogP contribution in [0.1, 0.15) is 20.3 Å². The fourth-order valence-corrected chi connectivity index (χ4v) is 2.30. The molecule has 1 fully saturated rings. The van der Waals surface area contributed by atoms with Gasteiger partial charge in [-0.2, -0.15) is 0 Å². The highest BCUT2D eigenvalue weighted by Gasteiger charge is 2.24. The number of carbonyl (C=O) groups is 1. The van der Waals surface area contributed by atoms with Crippen LogP contribution < -0.4 is 5.32 Å². The molecular formula is C12H24N2O3. The minimum Gasteiger partial charge on any atom is -0.468 e. The Bertz CT molecular complexity index is 238. The van der Waals surface area contributed by atoms with E-state index in [0.29, 0.717) is 0 Å². The number of methoxy groups -OCH3 is 1. The van der Waals surface area contributed by atoms with Crippen molar-refractivity contribution in [3.63, 3.8) is 0 Å². The number of likely N-dealkylation sites (N-methyl/N-ethyl adjacent to an activating group) is 1. The van der Waals surface area contributed by atoms with Crippen LogP contribution >= 0.6 is 0 Å². The summed E-state index contributed by atoms with van der Waals surface area (Å²) in [4.78, 5) is 13.8. The largest absolute Gasteiger partial charge is 0.468 e. The molecule has 0 aromatic carbocycles. The molecular weight excluding hydrogens is 220 g/mol. The molecule has 0 aromatic heterocycles. The van der Waals surface area contributed by atoms with Crippen molar-refractivity contribution in [1.82, 2.24) is 10.2 Å². The van der Waals surface area contributed by atoms with Crippen molar-refractivity contribution in [2.75, 3.05) is 33.8 Å². The van der Waals surface area contributed by atoms with Gasteiger partial charge in [-0.25, -0.2) is 0 Å². The number of carbonyl (C=O) groups excluding carboxylic acids is 1. The number of ether oxygens (including phenoxy) is 2. The van der Waals surface area contributed by atoms with E-state index in [2.05, 4.69) is 24.1 Å². The monoisotopic (exact) mass is 244 g/mol. The van der Waals surface area contributed by atoms with Crippen LogP contribution in [-0.2, 0) is 14.3 Å². The Balaban J connectivity index is 2.35. The lowest BCUT2D eigenvalue weighted by Gasteiger charge is -2.35. The number of esters is 1. The highest BCUT2D eigenvalue weighted by molar-refractivity contribution is 5.75. The van der Waals surface area contributed by atoms with E-state index < -0.39 is 0 Å². The third kappa shape index (κ3) is 4.61. The number of hydrogen-bond donors (Lipinski definition) is 1. The molecule has 1 saturated heterocycles. The Morgan fingerprint density at radius 1 is 1.47 bits per heavy atom. The smallest absolute Gasteiger partial charge is 0.322 e. The molecule has 100 valence electrons. The number of morpholine rings is 1.